The van der Waals surface area contributed by atoms with Crippen molar-refractivity contribution < 1.29 is 14.7 Å². The Morgan fingerprint density at radius 2 is 2.23 bits per heavy atom. The molecule has 0 unspecified atom stereocenters. The van der Waals surface area contributed by atoms with Crippen molar-refractivity contribution in [1.29, 1.82) is 5.26 Å². The average molecular weight is 324 g/mol. The number of rotatable bonds is 7. The number of aliphatic carboxylic acids is 1. The minimum Gasteiger partial charge on any atom is -0.480 e. The fourth-order valence-corrected chi connectivity index (χ4v) is 2.53. The van der Waals surface area contributed by atoms with Gasteiger partial charge in [0.1, 0.15) is 6.04 Å². The third-order valence-corrected chi connectivity index (χ3v) is 4.14. The van der Waals surface area contributed by atoms with Crippen LogP contribution in [0.4, 0.5) is 4.79 Å². The molecular formula is C14H20N4O3S. The molecule has 0 radical (unpaired) electrons. The van der Waals surface area contributed by atoms with E-state index in [1.165, 1.54) is 4.90 Å². The first-order valence-electron chi connectivity index (χ1n) is 6.90. The Morgan fingerprint density at radius 1 is 1.55 bits per heavy atom. The van der Waals surface area contributed by atoms with Crippen molar-refractivity contribution in [3.8, 4) is 6.07 Å². The maximum absolute atomic E-state index is 12.0. The van der Waals surface area contributed by atoms with Crippen LogP contribution in [0.3, 0.4) is 0 Å². The molecule has 0 aliphatic rings. The van der Waals surface area contributed by atoms with E-state index in [0.717, 1.165) is 10.7 Å². The molecule has 0 saturated heterocycles. The number of thiazole rings is 1. The molecule has 1 atom stereocenters. The summed E-state index contributed by atoms with van der Waals surface area (Å²) in [5, 5.41) is 22.8. The van der Waals surface area contributed by atoms with Crippen molar-refractivity contribution in [2.24, 2.45) is 0 Å². The summed E-state index contributed by atoms with van der Waals surface area (Å²) >= 11 is 1.54. The van der Waals surface area contributed by atoms with Gasteiger partial charge in [-0.2, -0.15) is 5.26 Å². The van der Waals surface area contributed by atoms with E-state index < -0.39 is 18.0 Å². The highest BCUT2D eigenvalue weighted by Crippen LogP contribution is 2.19. The molecule has 1 heterocycles. The highest BCUT2D eigenvalue weighted by atomic mass is 32.1. The molecule has 0 aromatic carbocycles. The Balaban J connectivity index is 2.59. The first-order chi connectivity index (χ1) is 10.3. The van der Waals surface area contributed by atoms with Crippen molar-refractivity contribution >= 4 is 23.3 Å². The number of carboxylic acid groups (broad SMARTS) is 1. The molecule has 0 spiro atoms. The zero-order chi connectivity index (χ0) is 16.7. The fraction of sp³-hybridized carbons (Fsp3) is 0.571. The number of carbonyl (C=O) groups excluding carboxylic acids is 1. The zero-order valence-corrected chi connectivity index (χ0v) is 13.7. The molecule has 0 saturated carbocycles. The molecule has 22 heavy (non-hydrogen) atoms. The maximum Gasteiger partial charge on any atom is 0.326 e. The molecule has 120 valence electrons. The van der Waals surface area contributed by atoms with Crippen molar-refractivity contribution in [3.05, 3.63) is 16.1 Å². The number of carbonyl (C=O) groups is 2. The van der Waals surface area contributed by atoms with Crippen LogP contribution in [0.5, 0.6) is 0 Å². The van der Waals surface area contributed by atoms with Crippen molar-refractivity contribution in [3.63, 3.8) is 0 Å². The van der Waals surface area contributed by atoms with E-state index >= 15 is 0 Å². The van der Waals surface area contributed by atoms with Crippen molar-refractivity contribution in [1.82, 2.24) is 15.2 Å². The lowest BCUT2D eigenvalue weighted by Crippen LogP contribution is -2.46. The van der Waals surface area contributed by atoms with Crippen LogP contribution in [0.15, 0.2) is 5.38 Å². The van der Waals surface area contributed by atoms with Crippen LogP contribution in [0, 0.1) is 11.3 Å². The van der Waals surface area contributed by atoms with Gasteiger partial charge in [-0.15, -0.1) is 11.3 Å². The largest absolute Gasteiger partial charge is 0.480 e. The first kappa shape index (κ1) is 17.9. The standard InChI is InChI=1S/C14H20N4O3S/c1-9(2)12-16-10(8-22-12)7-18(3)14(21)17-11(13(19)20)5-4-6-15/h8-9,11H,4-5,7H2,1-3H3,(H,17,21)(H,19,20)/t11-/m0/s1. The molecular weight excluding hydrogens is 304 g/mol. The zero-order valence-electron chi connectivity index (χ0n) is 12.9. The second-order valence-electron chi connectivity index (χ2n) is 5.22. The van der Waals surface area contributed by atoms with Gasteiger partial charge in [0.25, 0.3) is 0 Å². The molecule has 1 aromatic rings. The Hall–Kier alpha value is -2.14. The number of nitriles is 1. The van der Waals surface area contributed by atoms with Gasteiger partial charge < -0.3 is 15.3 Å². The SMILES string of the molecule is CC(C)c1nc(CN(C)C(=O)N[C@@H](CCC#N)C(=O)O)cs1. The minimum absolute atomic E-state index is 0.0742. The Bertz CT molecular complexity index is 565. The highest BCUT2D eigenvalue weighted by molar-refractivity contribution is 7.09. The van der Waals surface area contributed by atoms with E-state index in [1.807, 2.05) is 25.3 Å². The number of urea groups is 1. The van der Waals surface area contributed by atoms with E-state index in [-0.39, 0.29) is 12.8 Å². The van der Waals surface area contributed by atoms with Crippen LogP contribution in [-0.2, 0) is 11.3 Å². The number of carboxylic acids is 1. The third-order valence-electron chi connectivity index (χ3n) is 2.95. The summed E-state index contributed by atoms with van der Waals surface area (Å²) in [6, 6.07) is 0.317. The number of hydrogen-bond acceptors (Lipinski definition) is 5. The van der Waals surface area contributed by atoms with E-state index in [1.54, 1.807) is 18.4 Å². The monoisotopic (exact) mass is 324 g/mol. The van der Waals surface area contributed by atoms with Gasteiger partial charge in [-0.05, 0) is 6.42 Å². The van der Waals surface area contributed by atoms with Crippen LogP contribution >= 0.6 is 11.3 Å². The molecule has 1 rings (SSSR count). The van der Waals surface area contributed by atoms with Crippen LogP contribution in [-0.4, -0.2) is 40.1 Å². The molecule has 2 N–H and O–H groups in total. The molecule has 0 aliphatic heterocycles. The van der Waals surface area contributed by atoms with Crippen LogP contribution in [0.25, 0.3) is 0 Å². The molecule has 0 aliphatic carbocycles. The summed E-state index contributed by atoms with van der Waals surface area (Å²) < 4.78 is 0. The van der Waals surface area contributed by atoms with Crippen molar-refractivity contribution in [2.75, 3.05) is 7.05 Å². The predicted octanol–water partition coefficient (Wildman–Crippen LogP) is 2.16. The summed E-state index contributed by atoms with van der Waals surface area (Å²) in [6.07, 6.45) is 0.157. The lowest BCUT2D eigenvalue weighted by molar-refractivity contribution is -0.139. The third kappa shape index (κ3) is 5.33. The molecule has 0 fully saturated rings. The van der Waals surface area contributed by atoms with Crippen molar-refractivity contribution in [2.45, 2.75) is 45.2 Å². The minimum atomic E-state index is -1.15. The van der Waals surface area contributed by atoms with Gasteiger partial charge >= 0.3 is 12.0 Å². The topological polar surface area (TPSA) is 106 Å². The van der Waals surface area contributed by atoms with E-state index in [0.29, 0.717) is 12.5 Å². The molecule has 0 bridgehead atoms. The summed E-state index contributed by atoms with van der Waals surface area (Å²) in [7, 11) is 1.58. The van der Waals surface area contributed by atoms with Gasteiger partial charge in [0.15, 0.2) is 0 Å². The number of aromatic nitrogens is 1. The predicted molar refractivity (Wildman–Crippen MR) is 82.5 cm³/mol. The smallest absolute Gasteiger partial charge is 0.326 e. The molecule has 7 nitrogen and oxygen atoms in total. The van der Waals surface area contributed by atoms with E-state index in [9.17, 15) is 9.59 Å². The first-order valence-corrected chi connectivity index (χ1v) is 7.78. The highest BCUT2D eigenvalue weighted by Gasteiger charge is 2.21. The van der Waals surface area contributed by atoms with Crippen LogP contribution < -0.4 is 5.32 Å². The number of nitrogens with one attached hydrogen (secondary N) is 1. The summed E-state index contributed by atoms with van der Waals surface area (Å²) in [5.74, 6) is -0.812. The average Bonchev–Trinajstić information content (AvgIpc) is 2.91. The normalized spacial score (nSPS) is 11.8. The van der Waals surface area contributed by atoms with Gasteiger partial charge in [-0.3, -0.25) is 0 Å². The summed E-state index contributed by atoms with van der Waals surface area (Å²) in [6.45, 7) is 4.40. The quantitative estimate of drug-likeness (QED) is 0.799. The van der Waals surface area contributed by atoms with Gasteiger partial charge in [-0.25, -0.2) is 14.6 Å². The van der Waals surface area contributed by atoms with Gasteiger partial charge in [0.2, 0.25) is 0 Å². The second-order valence-corrected chi connectivity index (χ2v) is 6.11. The second kappa shape index (κ2) is 8.34. The Morgan fingerprint density at radius 3 is 2.73 bits per heavy atom. The Kier molecular flexibility index (Phi) is 6.79. The van der Waals surface area contributed by atoms with E-state index in [4.69, 9.17) is 10.4 Å². The number of amides is 2. The number of nitrogens with zero attached hydrogens (tertiary/aromatic N) is 3. The Labute approximate surface area is 133 Å². The summed E-state index contributed by atoms with van der Waals surface area (Å²) in [4.78, 5) is 28.9. The number of hydrogen-bond donors (Lipinski definition) is 2. The molecule has 2 amide bonds. The van der Waals surface area contributed by atoms with E-state index in [2.05, 4.69) is 10.3 Å². The lowest BCUT2D eigenvalue weighted by atomic mass is 10.2. The lowest BCUT2D eigenvalue weighted by Gasteiger charge is -2.20. The molecule has 1 aromatic heterocycles. The van der Waals surface area contributed by atoms with Gasteiger partial charge in [0, 0.05) is 24.8 Å². The molecule has 8 heteroatoms. The summed E-state index contributed by atoms with van der Waals surface area (Å²) in [5.41, 5.74) is 0.773. The van der Waals surface area contributed by atoms with Gasteiger partial charge in [0.05, 0.1) is 23.3 Å². The fourth-order valence-electron chi connectivity index (χ4n) is 1.70. The van der Waals surface area contributed by atoms with Crippen LogP contribution in [0.1, 0.15) is 43.3 Å². The maximum atomic E-state index is 12.0. The van der Waals surface area contributed by atoms with Crippen LogP contribution in [0.2, 0.25) is 0 Å². The van der Waals surface area contributed by atoms with Gasteiger partial charge in [-0.1, -0.05) is 13.8 Å².